The first-order valence-electron chi connectivity index (χ1n) is 10.7. The molecule has 5 rings (SSSR count). The molecule has 3 aliphatic rings. The van der Waals surface area contributed by atoms with Gasteiger partial charge in [-0.15, -0.1) is 0 Å². The molecular formula is C26H30N2O2. The lowest BCUT2D eigenvalue weighted by molar-refractivity contribution is -0.120. The number of para-hydroxylation sites is 2. The van der Waals surface area contributed by atoms with E-state index in [2.05, 4.69) is 38.1 Å². The Labute approximate surface area is 179 Å². The summed E-state index contributed by atoms with van der Waals surface area (Å²) in [5, 5.41) is 0. The van der Waals surface area contributed by atoms with E-state index >= 15 is 0 Å². The molecule has 2 aromatic rings. The van der Waals surface area contributed by atoms with Crippen LogP contribution in [0.15, 0.2) is 54.1 Å². The second kappa shape index (κ2) is 7.75. The number of anilines is 2. The van der Waals surface area contributed by atoms with Gasteiger partial charge >= 0.3 is 0 Å². The quantitative estimate of drug-likeness (QED) is 0.643. The topological polar surface area (TPSA) is 40.6 Å². The average Bonchev–Trinajstić information content (AvgIpc) is 3.31. The van der Waals surface area contributed by atoms with Gasteiger partial charge < -0.3 is 9.80 Å². The molecule has 0 saturated carbocycles. The van der Waals surface area contributed by atoms with Crippen molar-refractivity contribution in [1.29, 1.82) is 0 Å². The first-order chi connectivity index (χ1) is 14.3. The van der Waals surface area contributed by atoms with Crippen LogP contribution in [0.5, 0.6) is 0 Å². The summed E-state index contributed by atoms with van der Waals surface area (Å²) in [6, 6.07) is 14.5. The monoisotopic (exact) mass is 402 g/mol. The summed E-state index contributed by atoms with van der Waals surface area (Å²) in [6.45, 7) is 9.90. The summed E-state index contributed by atoms with van der Waals surface area (Å²) in [5.41, 5.74) is 7.28. The number of hydrogen-bond donors (Lipinski definition) is 0. The van der Waals surface area contributed by atoms with Crippen molar-refractivity contribution < 1.29 is 9.59 Å². The van der Waals surface area contributed by atoms with Crippen LogP contribution < -0.4 is 9.80 Å². The van der Waals surface area contributed by atoms with E-state index < -0.39 is 0 Å². The van der Waals surface area contributed by atoms with E-state index in [-0.39, 0.29) is 17.2 Å². The predicted molar refractivity (Wildman–Crippen MR) is 122 cm³/mol. The van der Waals surface area contributed by atoms with Gasteiger partial charge in [0.05, 0.1) is 5.69 Å². The van der Waals surface area contributed by atoms with Crippen molar-refractivity contribution in [2.24, 2.45) is 0 Å². The molecule has 3 heterocycles. The normalized spacial score (nSPS) is 17.7. The van der Waals surface area contributed by atoms with Gasteiger partial charge in [-0.3, -0.25) is 9.59 Å². The Morgan fingerprint density at radius 1 is 0.967 bits per heavy atom. The molecule has 0 atom stereocenters. The summed E-state index contributed by atoms with van der Waals surface area (Å²) in [7, 11) is 0. The number of amides is 2. The lowest BCUT2D eigenvalue weighted by Gasteiger charge is -2.36. The van der Waals surface area contributed by atoms with Crippen LogP contribution in [0.3, 0.4) is 0 Å². The van der Waals surface area contributed by atoms with E-state index in [0.29, 0.717) is 6.42 Å². The number of allylic oxidation sites excluding steroid dienone is 1. The van der Waals surface area contributed by atoms with Gasteiger partial charge in [-0.1, -0.05) is 55.8 Å². The minimum absolute atomic E-state index is 0.00324. The van der Waals surface area contributed by atoms with Gasteiger partial charge in [0.1, 0.15) is 0 Å². The molecule has 0 aliphatic carbocycles. The molecule has 0 radical (unpaired) electrons. The number of carbonyl (C=O) groups is 2. The Kier molecular flexibility index (Phi) is 5.27. The smallest absolute Gasteiger partial charge is 0.250 e. The molecule has 4 nitrogen and oxygen atoms in total. The van der Waals surface area contributed by atoms with E-state index in [1.54, 1.807) is 6.08 Å². The molecule has 156 valence electrons. The zero-order chi connectivity index (χ0) is 21.5. The fraction of sp³-hybridized carbons (Fsp3) is 0.385. The fourth-order valence-corrected chi connectivity index (χ4v) is 4.71. The summed E-state index contributed by atoms with van der Waals surface area (Å²) in [4.78, 5) is 27.6. The second-order valence-corrected chi connectivity index (χ2v) is 9.26. The third-order valence-electron chi connectivity index (χ3n) is 6.18. The van der Waals surface area contributed by atoms with Crippen LogP contribution in [-0.2, 0) is 27.8 Å². The van der Waals surface area contributed by atoms with E-state index in [0.717, 1.165) is 37.2 Å². The number of hydrogen-bond acceptors (Lipinski definition) is 2. The average molecular weight is 403 g/mol. The largest absolute Gasteiger partial charge is 0.311 e. The molecule has 4 heteroatoms. The Morgan fingerprint density at radius 3 is 2.43 bits per heavy atom. The fourth-order valence-electron chi connectivity index (χ4n) is 4.71. The number of rotatable bonds is 1. The van der Waals surface area contributed by atoms with Crippen molar-refractivity contribution in [1.82, 2.24) is 0 Å². The number of benzene rings is 2. The van der Waals surface area contributed by atoms with Crippen molar-refractivity contribution in [2.75, 3.05) is 22.9 Å². The van der Waals surface area contributed by atoms with Gasteiger partial charge in [-0.05, 0) is 49.4 Å². The van der Waals surface area contributed by atoms with Crippen LogP contribution in [-0.4, -0.2) is 24.9 Å². The van der Waals surface area contributed by atoms with Crippen molar-refractivity contribution in [2.45, 2.75) is 52.4 Å². The minimum Gasteiger partial charge on any atom is -0.311 e. The van der Waals surface area contributed by atoms with Crippen LogP contribution in [0.25, 0.3) is 0 Å². The van der Waals surface area contributed by atoms with Gasteiger partial charge in [0.2, 0.25) is 5.91 Å². The van der Waals surface area contributed by atoms with Crippen LogP contribution in [0.2, 0.25) is 0 Å². The van der Waals surface area contributed by atoms with Gasteiger partial charge in [-0.2, -0.15) is 0 Å². The number of carbonyl (C=O) groups excluding carboxylic acids is 2. The van der Waals surface area contributed by atoms with Crippen LogP contribution >= 0.6 is 0 Å². The molecule has 2 aromatic carbocycles. The zero-order valence-electron chi connectivity index (χ0n) is 18.4. The summed E-state index contributed by atoms with van der Waals surface area (Å²) in [5.74, 6) is 0.386. The van der Waals surface area contributed by atoms with Crippen LogP contribution in [0.4, 0.5) is 11.4 Å². The van der Waals surface area contributed by atoms with Crippen molar-refractivity contribution in [3.8, 4) is 0 Å². The number of fused-ring (bicyclic) bond motifs is 1. The standard InChI is InChI=1S/2C13H15NO/c1-13(2)8-11(15)14-7-6-9-4-3-5-10(13)12(9)14;1-10(2)9-13(15)14-8-7-11-5-3-4-6-12(11)14/h3-5H,6-8H2,1-2H3;3-6,9H,7-8H2,1-2H3. The lowest BCUT2D eigenvalue weighted by Crippen LogP contribution is -2.40. The van der Waals surface area contributed by atoms with E-state index in [4.69, 9.17) is 0 Å². The van der Waals surface area contributed by atoms with Crippen LogP contribution in [0.1, 0.15) is 50.8 Å². The molecule has 0 bridgehead atoms. The Morgan fingerprint density at radius 2 is 1.67 bits per heavy atom. The lowest BCUT2D eigenvalue weighted by atomic mass is 9.77. The first kappa shape index (κ1) is 20.4. The van der Waals surface area contributed by atoms with Crippen molar-refractivity contribution >= 4 is 23.2 Å². The van der Waals surface area contributed by atoms with Gasteiger partial charge in [0, 0.05) is 36.7 Å². The molecule has 3 aliphatic heterocycles. The highest BCUT2D eigenvalue weighted by Crippen LogP contribution is 2.44. The minimum atomic E-state index is 0.00324. The molecule has 0 aromatic heterocycles. The Bertz CT molecular complexity index is 1030. The van der Waals surface area contributed by atoms with E-state index in [1.807, 2.05) is 41.8 Å². The second-order valence-electron chi connectivity index (χ2n) is 9.26. The Hall–Kier alpha value is -2.88. The van der Waals surface area contributed by atoms with E-state index in [9.17, 15) is 9.59 Å². The van der Waals surface area contributed by atoms with Crippen molar-refractivity contribution in [3.05, 3.63) is 70.8 Å². The third kappa shape index (κ3) is 3.67. The SMILES string of the molecule is CC(C)=CC(=O)N1CCc2ccccc21.CC1(C)CC(=O)N2CCc3cccc1c32. The van der Waals surface area contributed by atoms with Crippen LogP contribution in [0, 0.1) is 0 Å². The molecule has 0 unspecified atom stereocenters. The van der Waals surface area contributed by atoms with Crippen molar-refractivity contribution in [3.63, 3.8) is 0 Å². The Balaban J connectivity index is 0.000000145. The highest BCUT2D eigenvalue weighted by Gasteiger charge is 2.39. The highest BCUT2D eigenvalue weighted by molar-refractivity contribution is 6.03. The molecule has 0 N–H and O–H groups in total. The predicted octanol–water partition coefficient (Wildman–Crippen LogP) is 4.80. The molecule has 0 spiro atoms. The highest BCUT2D eigenvalue weighted by atomic mass is 16.2. The summed E-state index contributed by atoms with van der Waals surface area (Å²) in [6.07, 6.45) is 4.33. The maximum Gasteiger partial charge on any atom is 0.250 e. The zero-order valence-corrected chi connectivity index (χ0v) is 18.4. The number of nitrogens with zero attached hydrogens (tertiary/aromatic N) is 2. The molecule has 2 amide bonds. The molecular weight excluding hydrogens is 372 g/mol. The summed E-state index contributed by atoms with van der Waals surface area (Å²) < 4.78 is 0. The molecule has 0 fully saturated rings. The maximum absolute atomic E-state index is 12.0. The van der Waals surface area contributed by atoms with Gasteiger partial charge in [0.15, 0.2) is 0 Å². The van der Waals surface area contributed by atoms with Gasteiger partial charge in [0.25, 0.3) is 5.91 Å². The third-order valence-corrected chi connectivity index (χ3v) is 6.18. The molecule has 0 saturated heterocycles. The maximum atomic E-state index is 12.0. The first-order valence-corrected chi connectivity index (χ1v) is 10.7. The van der Waals surface area contributed by atoms with E-state index in [1.165, 1.54) is 22.4 Å². The summed E-state index contributed by atoms with van der Waals surface area (Å²) >= 11 is 0. The molecule has 30 heavy (non-hydrogen) atoms. The van der Waals surface area contributed by atoms with Gasteiger partial charge in [-0.25, -0.2) is 0 Å².